The van der Waals surface area contributed by atoms with E-state index in [2.05, 4.69) is 12.2 Å². The molecule has 1 saturated carbocycles. The van der Waals surface area contributed by atoms with Gasteiger partial charge in [0.1, 0.15) is 0 Å². The molecule has 5 heteroatoms. The Kier molecular flexibility index (Phi) is 4.93. The van der Waals surface area contributed by atoms with Crippen LogP contribution in [-0.2, 0) is 19.1 Å². The third-order valence-electron chi connectivity index (χ3n) is 3.12. The molecule has 1 fully saturated rings. The molecule has 1 rings (SSSR count). The molecule has 1 N–H and O–H groups in total. The Morgan fingerprint density at radius 3 is 2.59 bits per heavy atom. The van der Waals surface area contributed by atoms with Gasteiger partial charge in [0.2, 0.25) is 5.91 Å². The molecule has 0 aromatic rings. The largest absolute Gasteiger partial charge is 0.467 e. The molecule has 98 valence electrons. The first-order valence-electron chi connectivity index (χ1n) is 6.05. The molecule has 0 bridgehead atoms. The van der Waals surface area contributed by atoms with E-state index in [9.17, 15) is 9.59 Å². The lowest BCUT2D eigenvalue weighted by atomic mass is 9.73. The second-order valence-corrected chi connectivity index (χ2v) is 4.40. The topological polar surface area (TPSA) is 64.6 Å². The van der Waals surface area contributed by atoms with Crippen LogP contribution in [0.3, 0.4) is 0 Å². The molecule has 0 heterocycles. The van der Waals surface area contributed by atoms with Crippen molar-refractivity contribution in [3.05, 3.63) is 0 Å². The quantitative estimate of drug-likeness (QED) is 0.558. The van der Waals surface area contributed by atoms with E-state index in [0.29, 0.717) is 13.0 Å². The fourth-order valence-electron chi connectivity index (χ4n) is 2.07. The van der Waals surface area contributed by atoms with Gasteiger partial charge in [-0.25, -0.2) is 4.79 Å². The summed E-state index contributed by atoms with van der Waals surface area (Å²) in [6, 6.07) is 0. The van der Waals surface area contributed by atoms with E-state index in [1.807, 2.05) is 0 Å². The van der Waals surface area contributed by atoms with E-state index < -0.39 is 11.5 Å². The molecule has 1 amide bonds. The molecule has 2 atom stereocenters. The fraction of sp³-hybridized carbons (Fsp3) is 0.833. The highest BCUT2D eigenvalue weighted by atomic mass is 16.5. The standard InChI is InChI=1S/C12H21NO4/c1-4-5-8-17-10-6-7-12(10,11(15)16-3)13-9(2)14/h10H,4-8H2,1-3H3,(H,13,14)/t10-,12-/m1/s1. The lowest BCUT2D eigenvalue weighted by molar-refractivity contribution is -0.170. The number of hydrogen-bond acceptors (Lipinski definition) is 4. The van der Waals surface area contributed by atoms with E-state index in [-0.39, 0.29) is 12.0 Å². The average molecular weight is 243 g/mol. The van der Waals surface area contributed by atoms with Crippen LogP contribution in [0.5, 0.6) is 0 Å². The number of amides is 1. The van der Waals surface area contributed by atoms with E-state index in [0.717, 1.165) is 19.3 Å². The van der Waals surface area contributed by atoms with Crippen LogP contribution in [0.25, 0.3) is 0 Å². The van der Waals surface area contributed by atoms with Crippen molar-refractivity contribution in [1.82, 2.24) is 5.32 Å². The van der Waals surface area contributed by atoms with Crippen LogP contribution in [0.2, 0.25) is 0 Å². The van der Waals surface area contributed by atoms with E-state index in [1.165, 1.54) is 14.0 Å². The number of esters is 1. The summed E-state index contributed by atoms with van der Waals surface area (Å²) < 4.78 is 10.4. The Hall–Kier alpha value is -1.10. The van der Waals surface area contributed by atoms with Crippen molar-refractivity contribution in [2.45, 2.75) is 51.2 Å². The summed E-state index contributed by atoms with van der Waals surface area (Å²) in [6.07, 6.45) is 3.09. The van der Waals surface area contributed by atoms with Gasteiger partial charge in [0.15, 0.2) is 5.54 Å². The summed E-state index contributed by atoms with van der Waals surface area (Å²) in [4.78, 5) is 23.0. The Morgan fingerprint density at radius 2 is 2.18 bits per heavy atom. The van der Waals surface area contributed by atoms with Crippen molar-refractivity contribution in [2.24, 2.45) is 0 Å². The molecular weight excluding hydrogens is 222 g/mol. The molecule has 0 radical (unpaired) electrons. The molecule has 0 aliphatic heterocycles. The Morgan fingerprint density at radius 1 is 1.47 bits per heavy atom. The minimum Gasteiger partial charge on any atom is -0.467 e. The number of nitrogens with one attached hydrogen (secondary N) is 1. The van der Waals surface area contributed by atoms with Gasteiger partial charge in [0.05, 0.1) is 13.2 Å². The van der Waals surface area contributed by atoms with Crippen LogP contribution in [-0.4, -0.2) is 37.2 Å². The normalized spacial score (nSPS) is 27.1. The average Bonchev–Trinajstić information content (AvgIpc) is 2.28. The van der Waals surface area contributed by atoms with Gasteiger partial charge in [-0.05, 0) is 19.3 Å². The summed E-state index contributed by atoms with van der Waals surface area (Å²) in [7, 11) is 1.33. The minimum atomic E-state index is -0.964. The number of carbonyl (C=O) groups excluding carboxylic acids is 2. The predicted octanol–water partition coefficient (Wildman–Crippen LogP) is 1.01. The van der Waals surface area contributed by atoms with Crippen LogP contribution in [0.15, 0.2) is 0 Å². The van der Waals surface area contributed by atoms with Crippen molar-refractivity contribution < 1.29 is 19.1 Å². The monoisotopic (exact) mass is 243 g/mol. The third-order valence-corrected chi connectivity index (χ3v) is 3.12. The molecule has 0 aromatic heterocycles. The molecule has 1 aliphatic carbocycles. The molecule has 0 saturated heterocycles. The van der Waals surface area contributed by atoms with Gasteiger partial charge < -0.3 is 14.8 Å². The fourth-order valence-corrected chi connectivity index (χ4v) is 2.07. The van der Waals surface area contributed by atoms with E-state index >= 15 is 0 Å². The first-order chi connectivity index (χ1) is 8.06. The van der Waals surface area contributed by atoms with Gasteiger partial charge in [-0.3, -0.25) is 4.79 Å². The predicted molar refractivity (Wildman–Crippen MR) is 62.4 cm³/mol. The Bertz CT molecular complexity index is 292. The second kappa shape index (κ2) is 6.00. The van der Waals surface area contributed by atoms with Crippen molar-refractivity contribution in [1.29, 1.82) is 0 Å². The molecule has 1 aliphatic rings. The smallest absolute Gasteiger partial charge is 0.334 e. The minimum absolute atomic E-state index is 0.237. The zero-order valence-electron chi connectivity index (χ0n) is 10.7. The first-order valence-corrected chi connectivity index (χ1v) is 6.05. The molecule has 0 aromatic carbocycles. The number of carbonyl (C=O) groups is 2. The molecule has 0 unspecified atom stereocenters. The molecule has 5 nitrogen and oxygen atoms in total. The lowest BCUT2D eigenvalue weighted by Crippen LogP contribution is -2.68. The highest BCUT2D eigenvalue weighted by molar-refractivity contribution is 5.89. The van der Waals surface area contributed by atoms with Crippen molar-refractivity contribution >= 4 is 11.9 Å². The highest BCUT2D eigenvalue weighted by Crippen LogP contribution is 2.36. The maximum Gasteiger partial charge on any atom is 0.334 e. The van der Waals surface area contributed by atoms with Crippen LogP contribution < -0.4 is 5.32 Å². The summed E-state index contributed by atoms with van der Waals surface area (Å²) >= 11 is 0. The molecule has 0 spiro atoms. The first kappa shape index (κ1) is 14.0. The lowest BCUT2D eigenvalue weighted by Gasteiger charge is -2.46. The van der Waals surface area contributed by atoms with Crippen LogP contribution in [0.1, 0.15) is 39.5 Å². The zero-order chi connectivity index (χ0) is 12.9. The third kappa shape index (κ3) is 2.97. The van der Waals surface area contributed by atoms with E-state index in [4.69, 9.17) is 9.47 Å². The number of hydrogen-bond donors (Lipinski definition) is 1. The van der Waals surface area contributed by atoms with Gasteiger partial charge in [-0.2, -0.15) is 0 Å². The summed E-state index contributed by atoms with van der Waals surface area (Å²) in [5.41, 5.74) is -0.964. The number of ether oxygens (including phenoxy) is 2. The SMILES string of the molecule is CCCCO[C@@H]1CC[C@]1(NC(C)=O)C(=O)OC. The zero-order valence-corrected chi connectivity index (χ0v) is 10.7. The van der Waals surface area contributed by atoms with Crippen molar-refractivity contribution in [3.8, 4) is 0 Å². The molecular formula is C12H21NO4. The molecule has 17 heavy (non-hydrogen) atoms. The van der Waals surface area contributed by atoms with Gasteiger partial charge >= 0.3 is 5.97 Å². The maximum atomic E-state index is 11.8. The Labute approximate surface area is 102 Å². The van der Waals surface area contributed by atoms with Crippen LogP contribution in [0.4, 0.5) is 0 Å². The maximum absolute atomic E-state index is 11.8. The summed E-state index contributed by atoms with van der Waals surface area (Å²) in [6.45, 7) is 4.08. The number of unbranched alkanes of at least 4 members (excludes halogenated alkanes) is 1. The van der Waals surface area contributed by atoms with Gasteiger partial charge in [-0.1, -0.05) is 13.3 Å². The highest BCUT2D eigenvalue weighted by Gasteiger charge is 2.55. The van der Waals surface area contributed by atoms with Crippen molar-refractivity contribution in [3.63, 3.8) is 0 Å². The van der Waals surface area contributed by atoms with Crippen molar-refractivity contribution in [2.75, 3.05) is 13.7 Å². The number of methoxy groups -OCH3 is 1. The van der Waals surface area contributed by atoms with E-state index in [1.54, 1.807) is 0 Å². The second-order valence-electron chi connectivity index (χ2n) is 4.40. The van der Waals surface area contributed by atoms with Gasteiger partial charge in [-0.15, -0.1) is 0 Å². The van der Waals surface area contributed by atoms with Crippen LogP contribution >= 0.6 is 0 Å². The van der Waals surface area contributed by atoms with Crippen LogP contribution in [0, 0.1) is 0 Å². The number of rotatable bonds is 6. The Balaban J connectivity index is 2.64. The van der Waals surface area contributed by atoms with Gasteiger partial charge in [0, 0.05) is 13.5 Å². The summed E-state index contributed by atoms with van der Waals surface area (Å²) in [5, 5.41) is 2.68. The van der Waals surface area contributed by atoms with Gasteiger partial charge in [0.25, 0.3) is 0 Å². The summed E-state index contributed by atoms with van der Waals surface area (Å²) in [5.74, 6) is -0.653.